The molecule has 3 nitrogen and oxygen atoms in total. The molecule has 0 aliphatic carbocycles. The Kier molecular flexibility index (Phi) is 6.11. The van der Waals surface area contributed by atoms with Crippen LogP contribution in [0.1, 0.15) is 45.2 Å². The van der Waals surface area contributed by atoms with Crippen molar-refractivity contribution >= 4 is 17.4 Å². The lowest BCUT2D eigenvalue weighted by atomic mass is 10.0. The van der Waals surface area contributed by atoms with Crippen molar-refractivity contribution in [2.75, 3.05) is 24.5 Å². The quantitative estimate of drug-likeness (QED) is 0.774. The summed E-state index contributed by atoms with van der Waals surface area (Å²) in [6.07, 6.45) is 5.03. The zero-order valence-corrected chi connectivity index (χ0v) is 13.4. The van der Waals surface area contributed by atoms with E-state index >= 15 is 0 Å². The van der Waals surface area contributed by atoms with Crippen LogP contribution in [0, 0.1) is 5.92 Å². The molecule has 20 heavy (non-hydrogen) atoms. The highest BCUT2D eigenvalue weighted by Gasteiger charge is 2.23. The van der Waals surface area contributed by atoms with Gasteiger partial charge in [0.25, 0.3) is 0 Å². The lowest BCUT2D eigenvalue weighted by Gasteiger charge is -2.19. The maximum absolute atomic E-state index is 6.24. The molecule has 0 aromatic carbocycles. The molecule has 1 unspecified atom stereocenters. The molecular weight excluding hydrogens is 270 g/mol. The van der Waals surface area contributed by atoms with Crippen LogP contribution in [-0.2, 0) is 6.54 Å². The molecule has 1 atom stereocenters. The minimum Gasteiger partial charge on any atom is -0.356 e. The van der Waals surface area contributed by atoms with Crippen LogP contribution in [0.25, 0.3) is 0 Å². The van der Waals surface area contributed by atoms with Crippen LogP contribution >= 0.6 is 11.6 Å². The molecule has 4 heteroatoms. The van der Waals surface area contributed by atoms with E-state index < -0.39 is 0 Å². The Balaban J connectivity index is 2.00. The molecule has 1 aromatic heterocycles. The van der Waals surface area contributed by atoms with Gasteiger partial charge in [0.05, 0.1) is 10.7 Å². The first kappa shape index (κ1) is 15.6. The molecular formula is C16H26ClN3. The van der Waals surface area contributed by atoms with Gasteiger partial charge in [0.1, 0.15) is 5.82 Å². The Morgan fingerprint density at radius 3 is 2.95 bits per heavy atom. The van der Waals surface area contributed by atoms with Crippen LogP contribution in [0.2, 0.25) is 5.02 Å². The van der Waals surface area contributed by atoms with E-state index in [-0.39, 0.29) is 0 Å². The molecule has 2 rings (SSSR count). The zero-order chi connectivity index (χ0) is 14.4. The van der Waals surface area contributed by atoms with E-state index in [4.69, 9.17) is 16.6 Å². The molecule has 0 saturated carbocycles. The summed E-state index contributed by atoms with van der Waals surface area (Å²) in [7, 11) is 0. The van der Waals surface area contributed by atoms with E-state index in [1.165, 1.54) is 19.3 Å². The van der Waals surface area contributed by atoms with Crippen LogP contribution < -0.4 is 10.2 Å². The second-order valence-corrected chi connectivity index (χ2v) is 6.07. The molecule has 0 bridgehead atoms. The van der Waals surface area contributed by atoms with Crippen LogP contribution in [0.3, 0.4) is 0 Å². The van der Waals surface area contributed by atoms with E-state index in [0.717, 1.165) is 55.1 Å². The Morgan fingerprint density at radius 2 is 2.20 bits per heavy atom. The zero-order valence-electron chi connectivity index (χ0n) is 12.7. The number of halogens is 1. The predicted molar refractivity (Wildman–Crippen MR) is 86.5 cm³/mol. The van der Waals surface area contributed by atoms with Crippen molar-refractivity contribution in [1.82, 2.24) is 10.3 Å². The van der Waals surface area contributed by atoms with Gasteiger partial charge in [-0.25, -0.2) is 4.98 Å². The van der Waals surface area contributed by atoms with E-state index in [9.17, 15) is 0 Å². The van der Waals surface area contributed by atoms with Gasteiger partial charge >= 0.3 is 0 Å². The molecule has 1 N–H and O–H groups in total. The van der Waals surface area contributed by atoms with E-state index in [1.807, 2.05) is 6.07 Å². The van der Waals surface area contributed by atoms with Gasteiger partial charge in [0.15, 0.2) is 0 Å². The van der Waals surface area contributed by atoms with Crippen LogP contribution in [0.15, 0.2) is 12.1 Å². The second kappa shape index (κ2) is 7.84. The molecule has 1 aliphatic heterocycles. The number of nitrogens with one attached hydrogen (secondary N) is 1. The van der Waals surface area contributed by atoms with Crippen molar-refractivity contribution in [2.45, 2.75) is 46.1 Å². The molecule has 1 saturated heterocycles. The minimum atomic E-state index is 0.757. The Hall–Kier alpha value is -0.800. The van der Waals surface area contributed by atoms with Crippen molar-refractivity contribution < 1.29 is 0 Å². The van der Waals surface area contributed by atoms with E-state index in [1.54, 1.807) is 0 Å². The minimum absolute atomic E-state index is 0.757. The molecule has 1 aromatic rings. The summed E-state index contributed by atoms with van der Waals surface area (Å²) in [5.41, 5.74) is 0.969. The third-order valence-electron chi connectivity index (χ3n) is 3.93. The number of anilines is 1. The SMILES string of the molecule is CCCNCc1nc(N2CCC(CCC)C2)ccc1Cl. The predicted octanol–water partition coefficient (Wildman–Crippen LogP) is 3.86. The Bertz CT molecular complexity index is 422. The molecule has 112 valence electrons. The summed E-state index contributed by atoms with van der Waals surface area (Å²) in [6, 6.07) is 4.04. The summed E-state index contributed by atoms with van der Waals surface area (Å²) in [6.45, 7) is 8.46. The van der Waals surface area contributed by atoms with Gasteiger partial charge in [-0.2, -0.15) is 0 Å². The first-order chi connectivity index (χ1) is 9.74. The van der Waals surface area contributed by atoms with Gasteiger partial charge < -0.3 is 10.2 Å². The van der Waals surface area contributed by atoms with Gasteiger partial charge in [-0.15, -0.1) is 0 Å². The molecule has 1 aliphatic rings. The van der Waals surface area contributed by atoms with Crippen LogP contribution in [0.4, 0.5) is 5.82 Å². The number of hydrogen-bond acceptors (Lipinski definition) is 3. The Morgan fingerprint density at radius 1 is 1.35 bits per heavy atom. The summed E-state index contributed by atoms with van der Waals surface area (Å²) in [4.78, 5) is 7.15. The molecule has 0 radical (unpaired) electrons. The highest BCUT2D eigenvalue weighted by Crippen LogP contribution is 2.27. The van der Waals surface area contributed by atoms with Crippen LogP contribution in [-0.4, -0.2) is 24.6 Å². The maximum atomic E-state index is 6.24. The highest BCUT2D eigenvalue weighted by molar-refractivity contribution is 6.31. The van der Waals surface area contributed by atoms with Gasteiger partial charge in [-0.3, -0.25) is 0 Å². The number of pyridine rings is 1. The highest BCUT2D eigenvalue weighted by atomic mass is 35.5. The fourth-order valence-corrected chi connectivity index (χ4v) is 3.01. The monoisotopic (exact) mass is 295 g/mol. The standard InChI is InChI=1S/C16H26ClN3/c1-3-5-13-8-10-20(12-13)16-7-6-14(17)15(19-16)11-18-9-4-2/h6-7,13,18H,3-5,8-12H2,1-2H3. The van der Waals surface area contributed by atoms with Crippen molar-refractivity contribution in [1.29, 1.82) is 0 Å². The van der Waals surface area contributed by atoms with Gasteiger partial charge in [-0.1, -0.05) is 31.9 Å². The number of rotatable bonds is 7. The summed E-state index contributed by atoms with van der Waals surface area (Å²) < 4.78 is 0. The molecule has 1 fully saturated rings. The van der Waals surface area contributed by atoms with Crippen molar-refractivity contribution in [3.05, 3.63) is 22.8 Å². The van der Waals surface area contributed by atoms with Gasteiger partial charge in [0, 0.05) is 19.6 Å². The lowest BCUT2D eigenvalue weighted by molar-refractivity contribution is 0.529. The lowest BCUT2D eigenvalue weighted by Crippen LogP contribution is -2.22. The van der Waals surface area contributed by atoms with Crippen LogP contribution in [0.5, 0.6) is 0 Å². The maximum Gasteiger partial charge on any atom is 0.128 e. The van der Waals surface area contributed by atoms with E-state index in [0.29, 0.717) is 0 Å². The summed E-state index contributed by atoms with van der Waals surface area (Å²) >= 11 is 6.24. The average molecular weight is 296 g/mol. The van der Waals surface area contributed by atoms with Gasteiger partial charge in [-0.05, 0) is 43.9 Å². The van der Waals surface area contributed by atoms with E-state index in [2.05, 4.69) is 30.1 Å². The molecule has 0 amide bonds. The topological polar surface area (TPSA) is 28.2 Å². The Labute approximate surface area is 127 Å². The largest absolute Gasteiger partial charge is 0.356 e. The summed E-state index contributed by atoms with van der Waals surface area (Å²) in [5, 5.41) is 4.14. The van der Waals surface area contributed by atoms with Crippen molar-refractivity contribution in [3.63, 3.8) is 0 Å². The smallest absolute Gasteiger partial charge is 0.128 e. The third-order valence-corrected chi connectivity index (χ3v) is 4.27. The average Bonchev–Trinajstić information content (AvgIpc) is 2.90. The number of hydrogen-bond donors (Lipinski definition) is 1. The molecule has 0 spiro atoms. The molecule has 2 heterocycles. The third kappa shape index (κ3) is 4.10. The number of nitrogens with zero attached hydrogens (tertiary/aromatic N) is 2. The number of aromatic nitrogens is 1. The summed E-state index contributed by atoms with van der Waals surface area (Å²) in [5.74, 6) is 1.92. The first-order valence-electron chi connectivity index (χ1n) is 7.85. The van der Waals surface area contributed by atoms with Crippen molar-refractivity contribution in [2.24, 2.45) is 5.92 Å². The van der Waals surface area contributed by atoms with Crippen molar-refractivity contribution in [3.8, 4) is 0 Å². The fraction of sp³-hybridized carbons (Fsp3) is 0.688. The van der Waals surface area contributed by atoms with Gasteiger partial charge in [0.2, 0.25) is 0 Å². The normalized spacial score (nSPS) is 18.8. The first-order valence-corrected chi connectivity index (χ1v) is 8.23. The second-order valence-electron chi connectivity index (χ2n) is 5.66. The fourth-order valence-electron chi connectivity index (χ4n) is 2.84.